The predicted octanol–water partition coefficient (Wildman–Crippen LogP) is 7.64. The summed E-state index contributed by atoms with van der Waals surface area (Å²) in [6.45, 7) is 2.87. The first kappa shape index (κ1) is 21.7. The minimum absolute atomic E-state index is 0.419. The molecule has 0 aliphatic heterocycles. The maximum atomic E-state index is 9.65. The van der Waals surface area contributed by atoms with Gasteiger partial charge in [0.1, 0.15) is 6.61 Å². The van der Waals surface area contributed by atoms with Crippen LogP contribution >= 0.6 is 15.9 Å². The quantitative estimate of drug-likeness (QED) is 0.200. The maximum Gasteiger partial charge on any atom is 0.175 e. The summed E-state index contributed by atoms with van der Waals surface area (Å²) in [6.07, 6.45) is 1.86. The molecule has 0 amide bonds. The molecule has 0 aliphatic carbocycles. The summed E-state index contributed by atoms with van der Waals surface area (Å²) in [5, 5.41) is 12.0. The zero-order valence-corrected chi connectivity index (χ0v) is 19.3. The molecule has 0 spiro atoms. The van der Waals surface area contributed by atoms with Crippen molar-refractivity contribution in [2.75, 3.05) is 6.61 Å². The van der Waals surface area contributed by atoms with Gasteiger partial charge in [-0.3, -0.25) is 0 Å². The highest BCUT2D eigenvalue weighted by Crippen LogP contribution is 2.38. The normalized spacial score (nSPS) is 11.2. The van der Waals surface area contributed by atoms with Gasteiger partial charge in [0, 0.05) is 0 Å². The third-order valence-corrected chi connectivity index (χ3v) is 5.69. The van der Waals surface area contributed by atoms with Crippen molar-refractivity contribution in [3.63, 3.8) is 0 Å². The topological polar surface area (TPSA) is 42.2 Å². The smallest absolute Gasteiger partial charge is 0.175 e. The number of benzene rings is 4. The van der Waals surface area contributed by atoms with Crippen LogP contribution in [-0.2, 0) is 6.61 Å². The summed E-state index contributed by atoms with van der Waals surface area (Å²) in [5.74, 6) is 1.29. The molecule has 0 saturated carbocycles. The fraction of sp³-hybridized carbons (Fsp3) is 0.107. The van der Waals surface area contributed by atoms with Crippen LogP contribution in [0, 0.1) is 11.3 Å². The van der Waals surface area contributed by atoms with Crippen LogP contribution in [0.3, 0.4) is 0 Å². The summed E-state index contributed by atoms with van der Waals surface area (Å²) < 4.78 is 12.9. The third kappa shape index (κ3) is 4.85. The Labute approximate surface area is 196 Å². The molecular formula is C28H22BrNO2. The van der Waals surface area contributed by atoms with Crippen molar-refractivity contribution < 1.29 is 9.47 Å². The van der Waals surface area contributed by atoms with Gasteiger partial charge in [-0.15, -0.1) is 0 Å². The second-order valence-corrected chi connectivity index (χ2v) is 8.08. The molecule has 4 heteroatoms. The van der Waals surface area contributed by atoms with Gasteiger partial charge in [-0.05, 0) is 68.5 Å². The highest BCUT2D eigenvalue weighted by molar-refractivity contribution is 9.10. The summed E-state index contributed by atoms with van der Waals surface area (Å²) in [4.78, 5) is 0. The lowest BCUT2D eigenvalue weighted by Crippen LogP contribution is -2.01. The number of nitrogens with zero attached hydrogens (tertiary/aromatic N) is 1. The van der Waals surface area contributed by atoms with Crippen LogP contribution in [0.5, 0.6) is 11.5 Å². The molecule has 0 radical (unpaired) electrons. The Morgan fingerprint density at radius 3 is 2.47 bits per heavy atom. The minimum Gasteiger partial charge on any atom is -0.490 e. The Kier molecular flexibility index (Phi) is 6.89. The second kappa shape index (κ2) is 10.2. The zero-order chi connectivity index (χ0) is 22.3. The summed E-state index contributed by atoms with van der Waals surface area (Å²) in [7, 11) is 0. The van der Waals surface area contributed by atoms with Gasteiger partial charge in [0.25, 0.3) is 0 Å². The number of nitriles is 1. The lowest BCUT2D eigenvalue weighted by molar-refractivity contribution is 0.268. The molecular weight excluding hydrogens is 462 g/mol. The van der Waals surface area contributed by atoms with Gasteiger partial charge < -0.3 is 9.47 Å². The van der Waals surface area contributed by atoms with Crippen LogP contribution in [0.1, 0.15) is 23.6 Å². The molecule has 4 rings (SSSR count). The van der Waals surface area contributed by atoms with E-state index in [0.29, 0.717) is 30.3 Å². The van der Waals surface area contributed by atoms with Gasteiger partial charge in [-0.25, -0.2) is 0 Å². The van der Waals surface area contributed by atoms with Gasteiger partial charge in [-0.2, -0.15) is 5.26 Å². The number of hydrogen-bond acceptors (Lipinski definition) is 3. The molecule has 0 saturated heterocycles. The number of halogens is 1. The van der Waals surface area contributed by atoms with Crippen LogP contribution in [0.2, 0.25) is 0 Å². The first-order valence-corrected chi connectivity index (χ1v) is 11.2. The van der Waals surface area contributed by atoms with E-state index in [-0.39, 0.29) is 0 Å². The largest absolute Gasteiger partial charge is 0.490 e. The number of ether oxygens (including phenoxy) is 2. The Bertz CT molecular complexity index is 1300. The lowest BCUT2D eigenvalue weighted by Gasteiger charge is -2.16. The van der Waals surface area contributed by atoms with E-state index in [2.05, 4.69) is 46.3 Å². The van der Waals surface area contributed by atoms with Gasteiger partial charge in [-0.1, -0.05) is 72.8 Å². The van der Waals surface area contributed by atoms with Crippen LogP contribution in [-0.4, -0.2) is 6.61 Å². The summed E-state index contributed by atoms with van der Waals surface area (Å²) in [6, 6.07) is 30.3. The number of hydrogen-bond donors (Lipinski definition) is 0. The fourth-order valence-electron chi connectivity index (χ4n) is 3.61. The summed E-state index contributed by atoms with van der Waals surface area (Å²) in [5.41, 5.74) is 3.43. The highest BCUT2D eigenvalue weighted by Gasteiger charge is 2.13. The first-order chi connectivity index (χ1) is 15.7. The Hall–Kier alpha value is -3.55. The first-order valence-electron chi connectivity index (χ1n) is 10.4. The molecule has 32 heavy (non-hydrogen) atoms. The third-order valence-electron chi connectivity index (χ3n) is 5.10. The van der Waals surface area contributed by atoms with Crippen molar-refractivity contribution in [2.45, 2.75) is 13.5 Å². The molecule has 4 aromatic rings. The average molecular weight is 484 g/mol. The molecule has 4 aromatic carbocycles. The standard InChI is InChI=1S/C28H22BrNO2/c1-2-31-27-17-20(15-24(18-30)21-9-4-3-5-10-21)16-26(29)28(27)32-19-23-13-8-12-22-11-6-7-14-25(22)23/h3-17H,2,19H2,1H3/b24-15-. The molecule has 0 atom stereocenters. The van der Waals surface area contributed by atoms with E-state index >= 15 is 0 Å². The number of fused-ring (bicyclic) bond motifs is 1. The van der Waals surface area contributed by atoms with E-state index in [4.69, 9.17) is 9.47 Å². The molecule has 0 aliphatic rings. The van der Waals surface area contributed by atoms with E-state index in [1.54, 1.807) is 0 Å². The van der Waals surface area contributed by atoms with E-state index < -0.39 is 0 Å². The van der Waals surface area contributed by atoms with Crippen molar-refractivity contribution in [2.24, 2.45) is 0 Å². The molecule has 3 nitrogen and oxygen atoms in total. The van der Waals surface area contributed by atoms with Crippen molar-refractivity contribution in [3.05, 3.63) is 106 Å². The Morgan fingerprint density at radius 1 is 0.938 bits per heavy atom. The van der Waals surface area contributed by atoms with Crippen molar-refractivity contribution in [1.82, 2.24) is 0 Å². The van der Waals surface area contributed by atoms with Crippen LogP contribution in [0.25, 0.3) is 22.4 Å². The lowest BCUT2D eigenvalue weighted by atomic mass is 10.0. The fourth-order valence-corrected chi connectivity index (χ4v) is 4.18. The van der Waals surface area contributed by atoms with E-state index in [1.807, 2.05) is 73.7 Å². The monoisotopic (exact) mass is 483 g/mol. The molecule has 0 unspecified atom stereocenters. The van der Waals surface area contributed by atoms with Gasteiger partial charge in [0.05, 0.1) is 22.7 Å². The van der Waals surface area contributed by atoms with Gasteiger partial charge >= 0.3 is 0 Å². The molecule has 158 valence electrons. The van der Waals surface area contributed by atoms with Crippen LogP contribution in [0.4, 0.5) is 0 Å². The van der Waals surface area contributed by atoms with Gasteiger partial charge in [0.2, 0.25) is 0 Å². The van der Waals surface area contributed by atoms with E-state index in [9.17, 15) is 5.26 Å². The molecule has 0 aromatic heterocycles. The molecule has 0 fully saturated rings. The SMILES string of the molecule is CCOc1cc(/C=C(/C#N)c2ccccc2)cc(Br)c1OCc1cccc2ccccc12. The average Bonchev–Trinajstić information content (AvgIpc) is 2.83. The van der Waals surface area contributed by atoms with E-state index in [0.717, 1.165) is 21.2 Å². The maximum absolute atomic E-state index is 9.65. The molecule has 0 bridgehead atoms. The number of allylic oxidation sites excluding steroid dienone is 1. The van der Waals surface area contributed by atoms with E-state index in [1.165, 1.54) is 10.8 Å². The Balaban J connectivity index is 1.66. The predicted molar refractivity (Wildman–Crippen MR) is 134 cm³/mol. The molecule has 0 heterocycles. The van der Waals surface area contributed by atoms with Crippen LogP contribution in [0.15, 0.2) is 89.4 Å². The summed E-state index contributed by atoms with van der Waals surface area (Å²) >= 11 is 3.64. The van der Waals surface area contributed by atoms with Crippen LogP contribution < -0.4 is 9.47 Å². The molecule has 0 N–H and O–H groups in total. The number of rotatable bonds is 7. The van der Waals surface area contributed by atoms with Crippen molar-refractivity contribution in [1.29, 1.82) is 5.26 Å². The Morgan fingerprint density at radius 2 is 1.69 bits per heavy atom. The second-order valence-electron chi connectivity index (χ2n) is 7.23. The highest BCUT2D eigenvalue weighted by atomic mass is 79.9. The van der Waals surface area contributed by atoms with Crippen molar-refractivity contribution >= 4 is 38.4 Å². The van der Waals surface area contributed by atoms with Crippen molar-refractivity contribution in [3.8, 4) is 17.6 Å². The zero-order valence-electron chi connectivity index (χ0n) is 17.7. The minimum atomic E-state index is 0.419. The van der Waals surface area contributed by atoms with Gasteiger partial charge in [0.15, 0.2) is 11.5 Å².